The number of anilines is 1. The largest absolute Gasteiger partial charge is 0.505 e. The molecule has 0 saturated carbocycles. The molecule has 0 spiro atoms. The van der Waals surface area contributed by atoms with Crippen molar-refractivity contribution in [1.82, 2.24) is 0 Å². The number of fused-ring (bicyclic) bond motifs is 1. The third kappa shape index (κ3) is 6.15. The first-order chi connectivity index (χ1) is 18.5. The molecule has 0 unspecified atom stereocenters. The highest BCUT2D eigenvalue weighted by Gasteiger charge is 2.21. The lowest BCUT2D eigenvalue weighted by Gasteiger charge is -2.13. The SMILES string of the molecule is CCOc1ccc(NC(=O)c2cc3ccccc3c(N=Nc3c(Cl)cc(S(=O)(=O)O)cc3CC)c2O)c(Cl)c1. The number of nitrogens with zero attached hydrogens (tertiary/aromatic N) is 2. The summed E-state index contributed by atoms with van der Waals surface area (Å²) >= 11 is 12.6. The minimum absolute atomic E-state index is 0.00742. The molecule has 3 N–H and O–H groups in total. The Bertz CT molecular complexity index is 1720. The summed E-state index contributed by atoms with van der Waals surface area (Å²) in [4.78, 5) is 12.8. The number of nitrogens with one attached hydrogen (secondary N) is 1. The Morgan fingerprint density at radius 2 is 1.69 bits per heavy atom. The number of aromatic hydroxyl groups is 1. The zero-order valence-corrected chi connectivity index (χ0v) is 23.1. The van der Waals surface area contributed by atoms with Crippen molar-refractivity contribution in [3.63, 3.8) is 0 Å². The first-order valence-corrected chi connectivity index (χ1v) is 13.9. The summed E-state index contributed by atoms with van der Waals surface area (Å²) in [5, 5.41) is 23.5. The number of carbonyl (C=O) groups is 1. The van der Waals surface area contributed by atoms with Crippen molar-refractivity contribution >= 4 is 67.1 Å². The van der Waals surface area contributed by atoms with Crippen molar-refractivity contribution in [1.29, 1.82) is 0 Å². The molecule has 0 aliphatic carbocycles. The third-order valence-corrected chi connectivity index (χ3v) is 7.22. The monoisotopic (exact) mass is 587 g/mol. The summed E-state index contributed by atoms with van der Waals surface area (Å²) in [5.41, 5.74) is 0.816. The summed E-state index contributed by atoms with van der Waals surface area (Å²) in [6, 6.07) is 15.6. The number of hydrogen-bond donors (Lipinski definition) is 3. The van der Waals surface area contributed by atoms with Gasteiger partial charge in [-0.1, -0.05) is 54.4 Å². The van der Waals surface area contributed by atoms with Crippen LogP contribution < -0.4 is 10.1 Å². The smallest absolute Gasteiger partial charge is 0.294 e. The zero-order chi connectivity index (χ0) is 28.3. The van der Waals surface area contributed by atoms with Crippen molar-refractivity contribution in [3.05, 3.63) is 81.8 Å². The Kier molecular flexibility index (Phi) is 8.41. The van der Waals surface area contributed by atoms with Crippen LogP contribution >= 0.6 is 23.2 Å². The number of rotatable bonds is 8. The van der Waals surface area contributed by atoms with Crippen molar-refractivity contribution in [2.45, 2.75) is 25.2 Å². The lowest BCUT2D eigenvalue weighted by Crippen LogP contribution is -2.12. The van der Waals surface area contributed by atoms with Gasteiger partial charge in [-0.05, 0) is 54.6 Å². The first kappa shape index (κ1) is 28.3. The van der Waals surface area contributed by atoms with E-state index in [1.807, 2.05) is 6.92 Å². The predicted octanol–water partition coefficient (Wildman–Crippen LogP) is 7.73. The number of aryl methyl sites for hydroxylation is 1. The Morgan fingerprint density at radius 3 is 2.36 bits per heavy atom. The van der Waals surface area contributed by atoms with Gasteiger partial charge in [-0.2, -0.15) is 8.42 Å². The molecule has 0 aromatic heterocycles. The highest BCUT2D eigenvalue weighted by Crippen LogP contribution is 2.41. The second-order valence-electron chi connectivity index (χ2n) is 8.31. The van der Waals surface area contributed by atoms with Gasteiger partial charge in [-0.3, -0.25) is 9.35 Å². The van der Waals surface area contributed by atoms with Gasteiger partial charge < -0.3 is 15.2 Å². The maximum atomic E-state index is 13.2. The molecule has 1 amide bonds. The molecule has 0 atom stereocenters. The predicted molar refractivity (Wildman–Crippen MR) is 151 cm³/mol. The van der Waals surface area contributed by atoms with Crippen LogP contribution in [0.25, 0.3) is 10.8 Å². The highest BCUT2D eigenvalue weighted by molar-refractivity contribution is 7.85. The average molecular weight is 588 g/mol. The van der Waals surface area contributed by atoms with Gasteiger partial charge in [-0.25, -0.2) is 0 Å². The Hall–Kier alpha value is -3.70. The lowest BCUT2D eigenvalue weighted by atomic mass is 10.0. The van der Waals surface area contributed by atoms with E-state index >= 15 is 0 Å². The Labute approximate surface area is 234 Å². The van der Waals surface area contributed by atoms with Crippen molar-refractivity contribution in [2.75, 3.05) is 11.9 Å². The molecule has 0 aliphatic heterocycles. The highest BCUT2D eigenvalue weighted by atomic mass is 35.5. The number of phenols is 1. The van der Waals surface area contributed by atoms with Crippen LogP contribution in [0.4, 0.5) is 17.1 Å². The molecule has 0 aliphatic rings. The van der Waals surface area contributed by atoms with E-state index in [1.165, 1.54) is 12.1 Å². The molecule has 39 heavy (non-hydrogen) atoms. The van der Waals surface area contributed by atoms with E-state index in [-0.39, 0.29) is 31.9 Å². The van der Waals surface area contributed by atoms with E-state index in [9.17, 15) is 22.9 Å². The van der Waals surface area contributed by atoms with Gasteiger partial charge in [0.05, 0.1) is 32.8 Å². The summed E-state index contributed by atoms with van der Waals surface area (Å²) in [6.45, 7) is 4.05. The number of halogens is 2. The molecule has 202 valence electrons. The maximum Gasteiger partial charge on any atom is 0.294 e. The summed E-state index contributed by atoms with van der Waals surface area (Å²) in [5.74, 6) is -0.516. The molecule has 9 nitrogen and oxygen atoms in total. The van der Waals surface area contributed by atoms with Crippen LogP contribution in [0.3, 0.4) is 0 Å². The number of amides is 1. The molecule has 0 fully saturated rings. The lowest BCUT2D eigenvalue weighted by molar-refractivity contribution is 0.102. The molecule has 4 rings (SSSR count). The van der Waals surface area contributed by atoms with Crippen LogP contribution in [-0.2, 0) is 16.5 Å². The van der Waals surface area contributed by atoms with Crippen LogP contribution in [0.1, 0.15) is 29.8 Å². The van der Waals surface area contributed by atoms with E-state index < -0.39 is 21.8 Å². The van der Waals surface area contributed by atoms with Crippen LogP contribution in [0.15, 0.2) is 75.8 Å². The first-order valence-electron chi connectivity index (χ1n) is 11.7. The minimum atomic E-state index is -4.48. The van der Waals surface area contributed by atoms with Gasteiger partial charge >= 0.3 is 0 Å². The fourth-order valence-corrected chi connectivity index (χ4v) is 5.01. The number of ether oxygens (including phenoxy) is 1. The van der Waals surface area contributed by atoms with Crippen molar-refractivity contribution in [2.24, 2.45) is 10.2 Å². The zero-order valence-electron chi connectivity index (χ0n) is 20.8. The molecule has 12 heteroatoms. The number of azo groups is 1. The van der Waals surface area contributed by atoms with Crippen LogP contribution in [0, 0.1) is 0 Å². The van der Waals surface area contributed by atoms with E-state index in [4.69, 9.17) is 27.9 Å². The van der Waals surface area contributed by atoms with Crippen molar-refractivity contribution in [3.8, 4) is 11.5 Å². The summed E-state index contributed by atoms with van der Waals surface area (Å²) in [6.07, 6.45) is 0.329. The normalized spacial score (nSPS) is 11.7. The third-order valence-electron chi connectivity index (χ3n) is 5.78. The molecule has 4 aromatic carbocycles. The molecular weight excluding hydrogens is 565 g/mol. The van der Waals surface area contributed by atoms with Crippen LogP contribution in [0.2, 0.25) is 10.0 Å². The van der Waals surface area contributed by atoms with Gasteiger partial charge in [0.15, 0.2) is 5.75 Å². The number of phenolic OH excluding ortho intramolecular Hbond substituents is 1. The Balaban J connectivity index is 1.78. The average Bonchev–Trinajstić information content (AvgIpc) is 2.89. The second-order valence-corrected chi connectivity index (χ2v) is 10.5. The van der Waals surface area contributed by atoms with Crippen LogP contribution in [0.5, 0.6) is 11.5 Å². The molecule has 4 aromatic rings. The molecule has 0 heterocycles. The van der Waals surface area contributed by atoms with E-state index in [1.54, 1.807) is 49.4 Å². The van der Waals surface area contributed by atoms with E-state index in [0.717, 1.165) is 6.07 Å². The van der Waals surface area contributed by atoms with Crippen molar-refractivity contribution < 1.29 is 27.6 Å². The molecule has 0 bridgehead atoms. The number of hydrogen-bond acceptors (Lipinski definition) is 7. The quantitative estimate of drug-likeness (QED) is 0.142. The van der Waals surface area contributed by atoms with E-state index in [2.05, 4.69) is 15.5 Å². The van der Waals surface area contributed by atoms with Gasteiger partial charge in [0.25, 0.3) is 16.0 Å². The maximum absolute atomic E-state index is 13.2. The van der Waals surface area contributed by atoms with Gasteiger partial charge in [0, 0.05) is 11.5 Å². The topological polar surface area (TPSA) is 138 Å². The second kappa shape index (κ2) is 11.6. The summed E-state index contributed by atoms with van der Waals surface area (Å²) in [7, 11) is -4.48. The molecule has 0 radical (unpaired) electrons. The number of carbonyl (C=O) groups excluding carboxylic acids is 1. The number of benzene rings is 4. The molecular formula is C27H23Cl2N3O6S. The van der Waals surface area contributed by atoms with Gasteiger partial charge in [0.2, 0.25) is 0 Å². The minimum Gasteiger partial charge on any atom is -0.505 e. The standard InChI is InChI=1S/C27H23Cl2N3O6S/c1-3-15-11-18(39(35,36)37)14-22(29)24(15)31-32-25-19-8-6-5-7-16(19)12-20(26(25)33)27(34)30-23-10-9-17(38-4-2)13-21(23)28/h5-14,33H,3-4H2,1-2H3,(H,30,34)(H,35,36,37). The fourth-order valence-electron chi connectivity index (χ4n) is 3.89. The molecule has 0 saturated heterocycles. The van der Waals surface area contributed by atoms with E-state index in [0.29, 0.717) is 40.8 Å². The Morgan fingerprint density at radius 1 is 0.974 bits per heavy atom. The van der Waals surface area contributed by atoms with Crippen LogP contribution in [-0.4, -0.2) is 30.6 Å². The van der Waals surface area contributed by atoms with Gasteiger partial charge in [-0.15, -0.1) is 10.2 Å². The summed E-state index contributed by atoms with van der Waals surface area (Å²) < 4.78 is 38.0. The van der Waals surface area contributed by atoms with Gasteiger partial charge in [0.1, 0.15) is 17.1 Å². The fraction of sp³-hybridized carbons (Fsp3) is 0.148.